The van der Waals surface area contributed by atoms with E-state index in [1.165, 1.54) is 0 Å². The molecular weight excluding hydrogens is 503 g/mol. The van der Waals surface area contributed by atoms with Gasteiger partial charge in [-0.15, -0.1) is 0 Å². The second-order valence-corrected chi connectivity index (χ2v) is 8.86. The summed E-state index contributed by atoms with van der Waals surface area (Å²) in [6.45, 7) is 3.04. The zero-order valence-corrected chi connectivity index (χ0v) is 19.6. The van der Waals surface area contributed by atoms with Crippen LogP contribution in [0.25, 0.3) is 0 Å². The lowest BCUT2D eigenvalue weighted by molar-refractivity contribution is -0.297. The average Bonchev–Trinajstić information content (AvgIpc) is 2.61. The topological polar surface area (TPSA) is 150 Å². The molecule has 1 rings (SSSR count). The number of halogens is 3. The summed E-state index contributed by atoms with van der Waals surface area (Å²) in [5, 5.41) is 0. The first-order valence-corrected chi connectivity index (χ1v) is 10.0. The van der Waals surface area contributed by atoms with Gasteiger partial charge in [0.1, 0.15) is 19.3 Å². The second kappa shape index (κ2) is 12.3. The number of alkyl halides is 3. The molecule has 0 spiro atoms. The molecule has 0 aromatic carbocycles. The SMILES string of the molecule is CC(=O)OC[C@H]1O[C@@H](OC(=O)OCC(Cl)(Cl)Cl)[C@H](OC(C)=O)[C@@H](OC(C)=O)[C@@H]1OC(C)=O. The van der Waals surface area contributed by atoms with Crippen molar-refractivity contribution in [3.05, 3.63) is 0 Å². The molecule has 32 heavy (non-hydrogen) atoms. The minimum Gasteiger partial charge on any atom is -0.463 e. The van der Waals surface area contributed by atoms with Crippen molar-refractivity contribution in [3.63, 3.8) is 0 Å². The highest BCUT2D eigenvalue weighted by Crippen LogP contribution is 2.31. The van der Waals surface area contributed by atoms with E-state index in [-0.39, 0.29) is 0 Å². The number of hydrogen-bond acceptors (Lipinski definition) is 12. The Hall–Kier alpha value is -2.02. The van der Waals surface area contributed by atoms with Gasteiger partial charge in [-0.2, -0.15) is 0 Å². The Kier molecular flexibility index (Phi) is 10.8. The van der Waals surface area contributed by atoms with Crippen LogP contribution in [0.2, 0.25) is 0 Å². The van der Waals surface area contributed by atoms with E-state index in [0.29, 0.717) is 0 Å². The van der Waals surface area contributed by atoms with Crippen molar-refractivity contribution in [2.24, 2.45) is 0 Å². The zero-order chi connectivity index (χ0) is 24.6. The fourth-order valence-corrected chi connectivity index (χ4v) is 2.72. The standard InChI is InChI=1S/C17H21Cl3O12/c1-7(21)26-5-11-12(28-8(2)22)13(29-9(3)23)14(30-10(4)24)15(31-11)32-16(25)27-6-17(18,19)20/h11-15H,5-6H2,1-4H3/t11-,12-,13+,14-,15+/m1/s1. The highest BCUT2D eigenvalue weighted by molar-refractivity contribution is 6.67. The van der Waals surface area contributed by atoms with Gasteiger partial charge in [0.15, 0.2) is 12.2 Å². The molecule has 1 fully saturated rings. The zero-order valence-electron chi connectivity index (χ0n) is 17.3. The van der Waals surface area contributed by atoms with Crippen LogP contribution in [0.3, 0.4) is 0 Å². The summed E-state index contributed by atoms with van der Waals surface area (Å²) in [5.74, 6) is -3.25. The van der Waals surface area contributed by atoms with Gasteiger partial charge in [0.25, 0.3) is 0 Å². The van der Waals surface area contributed by atoms with Crippen LogP contribution in [-0.4, -0.2) is 77.7 Å². The van der Waals surface area contributed by atoms with Gasteiger partial charge in [0.2, 0.25) is 16.2 Å². The van der Waals surface area contributed by atoms with Gasteiger partial charge in [0, 0.05) is 27.7 Å². The van der Waals surface area contributed by atoms with Crippen molar-refractivity contribution in [2.45, 2.75) is 62.2 Å². The molecule has 0 radical (unpaired) electrons. The number of rotatable bonds is 7. The minimum atomic E-state index is -1.94. The fraction of sp³-hybridized carbons (Fsp3) is 0.706. The highest BCUT2D eigenvalue weighted by atomic mass is 35.6. The Morgan fingerprint density at radius 3 is 1.69 bits per heavy atom. The molecule has 0 unspecified atom stereocenters. The normalized spacial score (nSPS) is 25.2. The Balaban J connectivity index is 3.26. The Morgan fingerprint density at radius 2 is 1.22 bits per heavy atom. The molecule has 0 aromatic rings. The van der Waals surface area contributed by atoms with E-state index in [1.807, 2.05) is 0 Å². The Labute approximate surface area is 197 Å². The van der Waals surface area contributed by atoms with Crippen LogP contribution in [0.1, 0.15) is 27.7 Å². The van der Waals surface area contributed by atoms with E-state index < -0.39 is 77.7 Å². The Morgan fingerprint density at radius 1 is 0.719 bits per heavy atom. The number of carbonyl (C=O) groups excluding carboxylic acids is 5. The van der Waals surface area contributed by atoms with Crippen molar-refractivity contribution in [3.8, 4) is 0 Å². The molecule has 12 nitrogen and oxygen atoms in total. The van der Waals surface area contributed by atoms with Gasteiger partial charge in [-0.05, 0) is 0 Å². The van der Waals surface area contributed by atoms with Crippen LogP contribution < -0.4 is 0 Å². The fourth-order valence-electron chi connectivity index (χ4n) is 2.55. The molecule has 1 aliphatic heterocycles. The summed E-state index contributed by atoms with van der Waals surface area (Å²) in [7, 11) is 0. The molecule has 0 aliphatic carbocycles. The van der Waals surface area contributed by atoms with Crippen LogP contribution in [0.5, 0.6) is 0 Å². The first kappa shape index (κ1) is 28.0. The summed E-state index contributed by atoms with van der Waals surface area (Å²) < 4.78 is 33.5. The molecule has 0 saturated carbocycles. The maximum Gasteiger partial charge on any atom is 0.510 e. The third kappa shape index (κ3) is 10.1. The van der Waals surface area contributed by atoms with Gasteiger partial charge in [-0.1, -0.05) is 34.8 Å². The molecule has 5 atom stereocenters. The van der Waals surface area contributed by atoms with E-state index in [1.54, 1.807) is 0 Å². The third-order valence-corrected chi connectivity index (χ3v) is 3.84. The van der Waals surface area contributed by atoms with E-state index in [4.69, 9.17) is 63.2 Å². The molecule has 0 aromatic heterocycles. The van der Waals surface area contributed by atoms with Crippen molar-refractivity contribution in [2.75, 3.05) is 13.2 Å². The summed E-state index contributed by atoms with van der Waals surface area (Å²) in [6, 6.07) is 0. The molecule has 182 valence electrons. The summed E-state index contributed by atoms with van der Waals surface area (Å²) in [5.41, 5.74) is 0. The predicted molar refractivity (Wildman–Crippen MR) is 105 cm³/mol. The summed E-state index contributed by atoms with van der Waals surface area (Å²) in [4.78, 5) is 58.2. The summed E-state index contributed by atoms with van der Waals surface area (Å²) in [6.07, 6.45) is -8.96. The van der Waals surface area contributed by atoms with Crippen molar-refractivity contribution < 1.29 is 57.1 Å². The molecule has 15 heteroatoms. The lowest BCUT2D eigenvalue weighted by atomic mass is 9.98. The van der Waals surface area contributed by atoms with E-state index in [0.717, 1.165) is 27.7 Å². The van der Waals surface area contributed by atoms with Crippen LogP contribution in [0, 0.1) is 0 Å². The molecule has 1 heterocycles. The number of esters is 4. The molecule has 1 saturated heterocycles. The maximum atomic E-state index is 12.0. The largest absolute Gasteiger partial charge is 0.510 e. The first-order valence-electron chi connectivity index (χ1n) is 8.90. The van der Waals surface area contributed by atoms with E-state index in [9.17, 15) is 24.0 Å². The number of hydrogen-bond donors (Lipinski definition) is 0. The lowest BCUT2D eigenvalue weighted by Gasteiger charge is -2.43. The van der Waals surface area contributed by atoms with Gasteiger partial charge >= 0.3 is 30.0 Å². The Bertz CT molecular complexity index is 722. The van der Waals surface area contributed by atoms with Crippen LogP contribution in [-0.2, 0) is 52.3 Å². The second-order valence-electron chi connectivity index (χ2n) is 6.34. The molecule has 0 bridgehead atoms. The van der Waals surface area contributed by atoms with Crippen molar-refractivity contribution in [1.82, 2.24) is 0 Å². The van der Waals surface area contributed by atoms with E-state index in [2.05, 4.69) is 4.74 Å². The lowest BCUT2D eigenvalue weighted by Crippen LogP contribution is -2.63. The predicted octanol–water partition coefficient (Wildman–Crippen LogP) is 1.59. The van der Waals surface area contributed by atoms with Crippen molar-refractivity contribution in [1.29, 1.82) is 0 Å². The molecule has 0 N–H and O–H groups in total. The first-order chi connectivity index (χ1) is 14.7. The number of ether oxygens (including phenoxy) is 7. The summed E-state index contributed by atoms with van der Waals surface area (Å²) >= 11 is 16.5. The molecular formula is C17H21Cl3O12. The van der Waals surface area contributed by atoms with Gasteiger partial charge in [0.05, 0.1) is 0 Å². The monoisotopic (exact) mass is 522 g/mol. The van der Waals surface area contributed by atoms with Gasteiger partial charge in [-0.25, -0.2) is 4.79 Å². The van der Waals surface area contributed by atoms with Gasteiger partial charge < -0.3 is 33.2 Å². The smallest absolute Gasteiger partial charge is 0.463 e. The van der Waals surface area contributed by atoms with Gasteiger partial charge in [-0.3, -0.25) is 19.2 Å². The quantitative estimate of drug-likeness (QED) is 0.271. The third-order valence-electron chi connectivity index (χ3n) is 3.51. The maximum absolute atomic E-state index is 12.0. The van der Waals surface area contributed by atoms with Crippen LogP contribution in [0.4, 0.5) is 4.79 Å². The molecule has 1 aliphatic rings. The van der Waals surface area contributed by atoms with Crippen LogP contribution in [0.15, 0.2) is 0 Å². The van der Waals surface area contributed by atoms with Crippen molar-refractivity contribution >= 4 is 64.8 Å². The molecule has 0 amide bonds. The minimum absolute atomic E-state index is 0.499. The van der Waals surface area contributed by atoms with E-state index >= 15 is 0 Å². The average molecular weight is 524 g/mol. The van der Waals surface area contributed by atoms with Crippen LogP contribution >= 0.6 is 34.8 Å². The number of carbonyl (C=O) groups is 5. The highest BCUT2D eigenvalue weighted by Gasteiger charge is 2.54.